The van der Waals surface area contributed by atoms with Gasteiger partial charge in [0.15, 0.2) is 0 Å². The summed E-state index contributed by atoms with van der Waals surface area (Å²) in [5.41, 5.74) is 1.79. The molecule has 0 aliphatic carbocycles. The van der Waals surface area contributed by atoms with Crippen molar-refractivity contribution in [2.45, 2.75) is 24.9 Å². The molecule has 37 heavy (non-hydrogen) atoms. The summed E-state index contributed by atoms with van der Waals surface area (Å²) in [6.07, 6.45) is 0.491. The number of benzene rings is 3. The number of urea groups is 1. The Morgan fingerprint density at radius 1 is 1.05 bits per heavy atom. The first-order valence-corrected chi connectivity index (χ1v) is 12.2. The van der Waals surface area contributed by atoms with Crippen LogP contribution in [0.1, 0.15) is 36.1 Å². The molecular formula is C28H25ClN4O4. The number of methoxy groups -OCH3 is 1. The Morgan fingerprint density at radius 3 is 2.38 bits per heavy atom. The molecule has 9 heteroatoms. The number of hydrazone groups is 1. The summed E-state index contributed by atoms with van der Waals surface area (Å²) >= 11 is 5.98. The van der Waals surface area contributed by atoms with E-state index in [-0.39, 0.29) is 0 Å². The third-order valence-electron chi connectivity index (χ3n) is 6.76. The van der Waals surface area contributed by atoms with Crippen LogP contribution >= 0.6 is 11.6 Å². The Hall–Kier alpha value is -4.17. The first-order valence-electron chi connectivity index (χ1n) is 11.8. The minimum atomic E-state index is -1.30. The summed E-state index contributed by atoms with van der Waals surface area (Å²) in [7, 11) is 1.59. The van der Waals surface area contributed by atoms with Gasteiger partial charge in [-0.1, -0.05) is 66.2 Å². The van der Waals surface area contributed by atoms with Crippen LogP contribution in [0.3, 0.4) is 0 Å². The number of halogens is 1. The maximum absolute atomic E-state index is 13.6. The second-order valence-electron chi connectivity index (χ2n) is 9.10. The third-order valence-corrected chi connectivity index (χ3v) is 7.02. The van der Waals surface area contributed by atoms with Crippen LogP contribution in [0.15, 0.2) is 84.0 Å². The van der Waals surface area contributed by atoms with E-state index in [4.69, 9.17) is 16.3 Å². The molecule has 0 saturated carbocycles. The Labute approximate surface area is 219 Å². The predicted octanol–water partition coefficient (Wildman–Crippen LogP) is 4.49. The maximum atomic E-state index is 13.6. The molecule has 2 aliphatic rings. The van der Waals surface area contributed by atoms with Crippen molar-refractivity contribution in [3.63, 3.8) is 0 Å². The molecule has 0 bridgehead atoms. The van der Waals surface area contributed by atoms with E-state index < -0.39 is 36.0 Å². The van der Waals surface area contributed by atoms with Gasteiger partial charge in [0.05, 0.1) is 18.9 Å². The van der Waals surface area contributed by atoms with Crippen LogP contribution in [0, 0.1) is 0 Å². The average molecular weight is 517 g/mol. The molecule has 2 heterocycles. The van der Waals surface area contributed by atoms with Crippen molar-refractivity contribution in [1.82, 2.24) is 15.2 Å². The van der Waals surface area contributed by atoms with Crippen molar-refractivity contribution >= 4 is 35.2 Å². The van der Waals surface area contributed by atoms with Gasteiger partial charge < -0.3 is 10.1 Å². The minimum Gasteiger partial charge on any atom is -0.497 e. The topological polar surface area (TPSA) is 91.3 Å². The molecular weight excluding hydrogens is 492 g/mol. The number of nitrogens with zero attached hydrogens (tertiary/aromatic N) is 3. The minimum absolute atomic E-state index is 0.392. The summed E-state index contributed by atoms with van der Waals surface area (Å²) < 4.78 is 5.27. The van der Waals surface area contributed by atoms with Crippen LogP contribution < -0.4 is 10.1 Å². The number of amides is 4. The molecule has 5 rings (SSSR count). The van der Waals surface area contributed by atoms with E-state index in [1.54, 1.807) is 38.3 Å². The van der Waals surface area contributed by atoms with Gasteiger partial charge in [0.1, 0.15) is 17.8 Å². The van der Waals surface area contributed by atoms with E-state index in [1.165, 1.54) is 5.01 Å². The predicted molar refractivity (Wildman–Crippen MR) is 139 cm³/mol. The molecule has 2 aliphatic heterocycles. The Morgan fingerprint density at radius 2 is 1.73 bits per heavy atom. The molecule has 0 radical (unpaired) electrons. The van der Waals surface area contributed by atoms with E-state index in [0.29, 0.717) is 22.8 Å². The number of rotatable bonds is 6. The summed E-state index contributed by atoms with van der Waals surface area (Å²) in [5.74, 6) is -0.277. The average Bonchev–Trinajstić information content (AvgIpc) is 3.46. The zero-order valence-corrected chi connectivity index (χ0v) is 21.1. The Kier molecular flexibility index (Phi) is 6.43. The molecule has 2 atom stereocenters. The monoisotopic (exact) mass is 516 g/mol. The largest absolute Gasteiger partial charge is 0.497 e. The lowest BCUT2D eigenvalue weighted by atomic mass is 9.92. The smallest absolute Gasteiger partial charge is 0.325 e. The summed E-state index contributed by atoms with van der Waals surface area (Å²) in [5, 5.41) is 9.26. The molecule has 3 aromatic carbocycles. The lowest BCUT2D eigenvalue weighted by molar-refractivity contribution is -0.140. The van der Waals surface area contributed by atoms with E-state index in [2.05, 4.69) is 10.4 Å². The van der Waals surface area contributed by atoms with E-state index in [0.717, 1.165) is 21.7 Å². The lowest BCUT2D eigenvalue weighted by Gasteiger charge is -2.25. The van der Waals surface area contributed by atoms with E-state index in [9.17, 15) is 14.4 Å². The molecule has 0 spiro atoms. The number of hydrogen-bond donors (Lipinski definition) is 1. The highest BCUT2D eigenvalue weighted by Crippen LogP contribution is 2.35. The van der Waals surface area contributed by atoms with Gasteiger partial charge in [-0.3, -0.25) is 14.5 Å². The molecule has 1 saturated heterocycles. The first-order chi connectivity index (χ1) is 17.8. The van der Waals surface area contributed by atoms with Crippen LogP contribution in [0.2, 0.25) is 5.02 Å². The van der Waals surface area contributed by atoms with Gasteiger partial charge >= 0.3 is 6.03 Å². The second-order valence-corrected chi connectivity index (χ2v) is 9.53. The van der Waals surface area contributed by atoms with Crippen LogP contribution in [0.25, 0.3) is 0 Å². The van der Waals surface area contributed by atoms with Gasteiger partial charge in [0, 0.05) is 11.4 Å². The molecule has 188 valence electrons. The number of hydrogen-bond acceptors (Lipinski definition) is 5. The molecule has 1 N–H and O–H groups in total. The van der Waals surface area contributed by atoms with Crippen LogP contribution in [0.5, 0.6) is 5.75 Å². The molecule has 8 nitrogen and oxygen atoms in total. The fourth-order valence-electron chi connectivity index (χ4n) is 4.66. The molecule has 1 fully saturated rings. The van der Waals surface area contributed by atoms with Crippen molar-refractivity contribution in [2.75, 3.05) is 13.7 Å². The number of carbonyl (C=O) groups is 3. The standard InChI is InChI=1S/C28H25ClN4O4/c1-28(20-10-12-21(29)13-11-20)26(35)32(27(36)30-28)17-25(34)33-24(19-8-14-22(37-2)15-9-19)16-23(31-33)18-6-4-3-5-7-18/h3-15,24H,16-17H2,1-2H3,(H,30,36)/t24-,28-/m1/s1. The molecule has 0 unspecified atom stereocenters. The van der Waals surface area contributed by atoms with Crippen LogP contribution in [-0.2, 0) is 15.1 Å². The lowest BCUT2D eigenvalue weighted by Crippen LogP contribution is -2.43. The maximum Gasteiger partial charge on any atom is 0.325 e. The van der Waals surface area contributed by atoms with Crippen molar-refractivity contribution in [2.24, 2.45) is 5.10 Å². The molecule has 3 aromatic rings. The fraction of sp³-hybridized carbons (Fsp3) is 0.214. The molecule has 0 aromatic heterocycles. The van der Waals surface area contributed by atoms with Crippen LogP contribution in [-0.4, -0.2) is 47.1 Å². The SMILES string of the molecule is COc1ccc([C@H]2CC(c3ccccc3)=NN2C(=O)CN2C(=O)N[C@](C)(c3ccc(Cl)cc3)C2=O)cc1. The third kappa shape index (κ3) is 4.56. The van der Waals surface area contributed by atoms with Crippen molar-refractivity contribution in [1.29, 1.82) is 0 Å². The molecule has 4 amide bonds. The Balaban J connectivity index is 1.42. The van der Waals surface area contributed by atoms with Crippen molar-refractivity contribution < 1.29 is 19.1 Å². The quantitative estimate of drug-likeness (QED) is 0.488. The fourth-order valence-corrected chi connectivity index (χ4v) is 4.78. The van der Waals surface area contributed by atoms with Gasteiger partial charge in [-0.2, -0.15) is 5.10 Å². The highest BCUT2D eigenvalue weighted by Gasteiger charge is 2.50. The van der Waals surface area contributed by atoms with Gasteiger partial charge in [0.2, 0.25) is 0 Å². The van der Waals surface area contributed by atoms with Crippen molar-refractivity contribution in [3.05, 3.63) is 101 Å². The summed E-state index contributed by atoms with van der Waals surface area (Å²) in [4.78, 5) is 40.7. The van der Waals surface area contributed by atoms with E-state index in [1.807, 2.05) is 54.6 Å². The number of carbonyl (C=O) groups excluding carboxylic acids is 3. The first kappa shape index (κ1) is 24.5. The van der Waals surface area contributed by atoms with Gasteiger partial charge in [0.25, 0.3) is 11.8 Å². The van der Waals surface area contributed by atoms with Gasteiger partial charge in [-0.05, 0) is 47.9 Å². The second kappa shape index (κ2) is 9.71. The van der Waals surface area contributed by atoms with Gasteiger partial charge in [-0.15, -0.1) is 0 Å². The van der Waals surface area contributed by atoms with E-state index >= 15 is 0 Å². The highest BCUT2D eigenvalue weighted by molar-refractivity contribution is 6.30. The van der Waals surface area contributed by atoms with Gasteiger partial charge in [-0.25, -0.2) is 9.80 Å². The van der Waals surface area contributed by atoms with Crippen molar-refractivity contribution in [3.8, 4) is 5.75 Å². The van der Waals surface area contributed by atoms with Crippen LogP contribution in [0.4, 0.5) is 4.79 Å². The zero-order valence-electron chi connectivity index (χ0n) is 20.3. The summed E-state index contributed by atoms with van der Waals surface area (Å²) in [6.45, 7) is 1.18. The zero-order chi connectivity index (χ0) is 26.2. The normalized spacial score (nSPS) is 21.2. The Bertz CT molecular complexity index is 1380. The number of ether oxygens (including phenoxy) is 1. The number of imide groups is 1. The number of nitrogens with one attached hydrogen (secondary N) is 1. The highest BCUT2D eigenvalue weighted by atomic mass is 35.5. The summed E-state index contributed by atoms with van der Waals surface area (Å²) in [6, 6.07) is 22.7.